The highest BCUT2D eigenvalue weighted by Gasteiger charge is 2.28. The van der Waals surface area contributed by atoms with E-state index in [2.05, 4.69) is 17.6 Å². The SMILES string of the molecule is CC(=O)NCCC[C@H](CC(=O)[C@@H](N)C(C)C)C(=O)O.CC(=O)NCCC[C@H](CC(=O)[C@@H](N)Cc1ccccc1)C(=O)O.CC(=O)[C@H](C)CC(=O)[C@@H](N)C(C)C.CCCCC[C@H](CC(=O)[C@@H](N)C(C)C)C(=O)O. The zero-order valence-electron chi connectivity index (χ0n) is 45.1. The molecule has 0 aliphatic heterocycles. The van der Waals surface area contributed by atoms with E-state index in [1.54, 1.807) is 6.92 Å². The monoisotopic (exact) mass is 1020 g/mol. The maximum atomic E-state index is 12.1. The van der Waals surface area contributed by atoms with E-state index in [0.29, 0.717) is 51.6 Å². The molecular weight excluding hydrogens is 929 g/mol. The normalized spacial score (nSPS) is 14.1. The van der Waals surface area contributed by atoms with Gasteiger partial charge >= 0.3 is 17.9 Å². The molecular formula is C53H92N6O13. The highest BCUT2D eigenvalue weighted by Crippen LogP contribution is 2.18. The maximum Gasteiger partial charge on any atom is 0.306 e. The second-order valence-electron chi connectivity index (χ2n) is 19.7. The Bertz CT molecular complexity index is 1810. The molecule has 0 heterocycles. The number of benzene rings is 1. The smallest absolute Gasteiger partial charge is 0.306 e. The molecule has 0 aromatic heterocycles. The van der Waals surface area contributed by atoms with Gasteiger partial charge in [-0.3, -0.25) is 47.9 Å². The predicted octanol–water partition coefficient (Wildman–Crippen LogP) is 5.04. The van der Waals surface area contributed by atoms with Crippen molar-refractivity contribution in [3.63, 3.8) is 0 Å². The lowest BCUT2D eigenvalue weighted by atomic mass is 9.90. The van der Waals surface area contributed by atoms with Crippen molar-refractivity contribution in [1.82, 2.24) is 10.6 Å². The predicted molar refractivity (Wildman–Crippen MR) is 278 cm³/mol. The molecule has 0 unspecified atom stereocenters. The van der Waals surface area contributed by atoms with Crippen LogP contribution in [0.3, 0.4) is 0 Å². The van der Waals surface area contributed by atoms with Gasteiger partial charge in [0.2, 0.25) is 11.8 Å². The number of aliphatic carboxylic acids is 3. The summed E-state index contributed by atoms with van der Waals surface area (Å²) < 4.78 is 0. The first kappa shape index (κ1) is 71.0. The fourth-order valence-corrected chi connectivity index (χ4v) is 6.64. The summed E-state index contributed by atoms with van der Waals surface area (Å²) >= 11 is 0. The summed E-state index contributed by atoms with van der Waals surface area (Å²) in [4.78, 5) is 113. The van der Waals surface area contributed by atoms with Gasteiger partial charge in [0, 0.05) is 58.5 Å². The molecule has 0 spiro atoms. The van der Waals surface area contributed by atoms with E-state index in [1.165, 1.54) is 20.8 Å². The second-order valence-corrected chi connectivity index (χ2v) is 19.7. The van der Waals surface area contributed by atoms with Crippen LogP contribution in [-0.4, -0.2) is 111 Å². The van der Waals surface area contributed by atoms with Gasteiger partial charge in [0.05, 0.1) is 41.9 Å². The number of ketones is 5. The molecule has 13 N–H and O–H groups in total. The van der Waals surface area contributed by atoms with Crippen molar-refractivity contribution in [2.24, 2.45) is 64.4 Å². The van der Waals surface area contributed by atoms with E-state index < -0.39 is 59.8 Å². The molecule has 1 rings (SSSR count). The number of carbonyl (C=O) groups excluding carboxylic acids is 7. The van der Waals surface area contributed by atoms with E-state index in [4.69, 9.17) is 33.1 Å². The van der Waals surface area contributed by atoms with Crippen molar-refractivity contribution < 1.29 is 63.3 Å². The van der Waals surface area contributed by atoms with Crippen LogP contribution in [0.15, 0.2) is 30.3 Å². The number of carbonyl (C=O) groups is 10. The Morgan fingerprint density at radius 3 is 1.12 bits per heavy atom. The molecule has 0 fully saturated rings. The lowest BCUT2D eigenvalue weighted by Crippen LogP contribution is -2.37. The van der Waals surface area contributed by atoms with Crippen LogP contribution in [0.25, 0.3) is 0 Å². The molecule has 0 radical (unpaired) electrons. The Balaban J connectivity index is -0.000000899. The third-order valence-corrected chi connectivity index (χ3v) is 11.9. The molecule has 72 heavy (non-hydrogen) atoms. The lowest BCUT2D eigenvalue weighted by Gasteiger charge is -2.17. The molecule has 0 saturated carbocycles. The van der Waals surface area contributed by atoms with Crippen molar-refractivity contribution in [3.8, 4) is 0 Å². The van der Waals surface area contributed by atoms with Gasteiger partial charge in [-0.05, 0) is 68.8 Å². The Kier molecular flexibility index (Phi) is 39.7. The van der Waals surface area contributed by atoms with Crippen LogP contribution in [0.2, 0.25) is 0 Å². The molecule has 0 aliphatic rings. The first-order valence-corrected chi connectivity index (χ1v) is 25.3. The lowest BCUT2D eigenvalue weighted by molar-refractivity contribution is -0.144. The Morgan fingerprint density at radius 2 is 0.819 bits per heavy atom. The van der Waals surface area contributed by atoms with Crippen molar-refractivity contribution in [3.05, 3.63) is 35.9 Å². The molecule has 0 bridgehead atoms. The number of carboxylic acid groups (broad SMARTS) is 3. The molecule has 19 heteroatoms. The Hall–Kier alpha value is -5.24. The zero-order chi connectivity index (χ0) is 56.3. The van der Waals surface area contributed by atoms with E-state index in [-0.39, 0.29) is 90.1 Å². The van der Waals surface area contributed by atoms with Gasteiger partial charge in [-0.2, -0.15) is 0 Å². The first-order chi connectivity index (χ1) is 33.4. The molecule has 2 amide bonds. The fraction of sp³-hybridized carbons (Fsp3) is 0.698. The number of unbranched alkanes of at least 4 members (excludes halogenated alkanes) is 2. The zero-order valence-corrected chi connectivity index (χ0v) is 45.1. The van der Waals surface area contributed by atoms with Crippen molar-refractivity contribution >= 4 is 58.6 Å². The van der Waals surface area contributed by atoms with Gasteiger partial charge in [-0.25, -0.2) is 0 Å². The van der Waals surface area contributed by atoms with Gasteiger partial charge in [0.15, 0.2) is 17.3 Å². The largest absolute Gasteiger partial charge is 0.481 e. The van der Waals surface area contributed by atoms with Crippen LogP contribution >= 0.6 is 0 Å². The van der Waals surface area contributed by atoms with E-state index in [0.717, 1.165) is 24.8 Å². The number of carboxylic acids is 3. The minimum atomic E-state index is -1.01. The Morgan fingerprint density at radius 1 is 0.486 bits per heavy atom. The molecule has 19 nitrogen and oxygen atoms in total. The molecule has 1 aromatic carbocycles. The van der Waals surface area contributed by atoms with E-state index in [9.17, 15) is 53.1 Å². The molecule has 412 valence electrons. The van der Waals surface area contributed by atoms with Crippen LogP contribution in [-0.2, 0) is 54.4 Å². The number of hydrogen-bond donors (Lipinski definition) is 9. The minimum absolute atomic E-state index is 0.00123. The van der Waals surface area contributed by atoms with Crippen molar-refractivity contribution in [2.45, 2.75) is 184 Å². The van der Waals surface area contributed by atoms with Gasteiger partial charge < -0.3 is 48.9 Å². The molecule has 0 aliphatic carbocycles. The summed E-state index contributed by atoms with van der Waals surface area (Å²) in [6.07, 6.45) is 5.82. The Labute approximate surface area is 428 Å². The molecule has 1 aromatic rings. The second kappa shape index (κ2) is 40.3. The number of amides is 2. The summed E-state index contributed by atoms with van der Waals surface area (Å²) in [6, 6.07) is 7.11. The van der Waals surface area contributed by atoms with Gasteiger partial charge in [-0.15, -0.1) is 0 Å². The van der Waals surface area contributed by atoms with Crippen LogP contribution in [0, 0.1) is 41.4 Å². The number of hydrogen-bond acceptors (Lipinski definition) is 14. The highest BCUT2D eigenvalue weighted by atomic mass is 16.4. The van der Waals surface area contributed by atoms with Crippen LogP contribution < -0.4 is 33.6 Å². The topological polar surface area (TPSA) is 360 Å². The summed E-state index contributed by atoms with van der Waals surface area (Å²) in [6.45, 7) is 20.2. The van der Waals surface area contributed by atoms with E-state index in [1.807, 2.05) is 71.9 Å². The average molecular weight is 1020 g/mol. The van der Waals surface area contributed by atoms with Crippen LogP contribution in [0.5, 0.6) is 0 Å². The van der Waals surface area contributed by atoms with Crippen molar-refractivity contribution in [2.75, 3.05) is 13.1 Å². The first-order valence-electron chi connectivity index (χ1n) is 25.3. The number of rotatable bonds is 33. The highest BCUT2D eigenvalue weighted by molar-refractivity contribution is 5.90. The van der Waals surface area contributed by atoms with Crippen LogP contribution in [0.1, 0.15) is 159 Å². The number of Topliss-reactive ketones (excluding diaryl/α,β-unsaturated/α-hetero) is 5. The molecule has 0 saturated heterocycles. The standard InChI is InChI=1S/C17H24N2O4.C13H24N2O4.C13H25NO3.C10H19NO2/c1-12(20)19-9-5-8-14(17(22)23)11-16(21)15(18)10-13-6-3-2-4-7-13;1-8(2)12(14)11(17)7-10(13(18)19)5-4-6-15-9(3)16;1-4-5-6-7-10(13(16)17)8-11(15)12(14)9(2)3;1-6(2)10(11)9(13)5-7(3)8(4)12/h2-4,6-7,14-15H,5,8-11,18H2,1H3,(H,19,20)(H,22,23);8,10,12H,4-7,14H2,1-3H3,(H,15,16)(H,18,19);9-10,12H,4-8,14H2,1-3H3,(H,16,17);6-7,10H,5,11H2,1-4H3/t14-,15+;2*10-,12+;7-,10+/m1111/s1. The van der Waals surface area contributed by atoms with E-state index >= 15 is 0 Å². The fourth-order valence-electron chi connectivity index (χ4n) is 6.64. The molecule has 8 atom stereocenters. The number of nitrogens with two attached hydrogens (primary N) is 4. The maximum absolute atomic E-state index is 12.1. The summed E-state index contributed by atoms with van der Waals surface area (Å²) in [5, 5.41) is 32.5. The quantitative estimate of drug-likeness (QED) is 0.0416. The average Bonchev–Trinajstić information content (AvgIpc) is 3.29. The summed E-state index contributed by atoms with van der Waals surface area (Å²) in [5.41, 5.74) is 23.9. The van der Waals surface area contributed by atoms with Crippen molar-refractivity contribution in [1.29, 1.82) is 0 Å². The summed E-state index contributed by atoms with van der Waals surface area (Å²) in [7, 11) is 0. The van der Waals surface area contributed by atoms with Gasteiger partial charge in [0.1, 0.15) is 11.6 Å². The third-order valence-electron chi connectivity index (χ3n) is 11.9. The third kappa shape index (κ3) is 35.8. The minimum Gasteiger partial charge on any atom is -0.481 e. The van der Waals surface area contributed by atoms with Crippen LogP contribution in [0.4, 0.5) is 0 Å². The van der Waals surface area contributed by atoms with Gasteiger partial charge in [-0.1, -0.05) is 105 Å². The summed E-state index contributed by atoms with van der Waals surface area (Å²) in [5.74, 6) is -5.82. The number of nitrogens with one attached hydrogen (secondary N) is 2. The van der Waals surface area contributed by atoms with Gasteiger partial charge in [0.25, 0.3) is 0 Å².